The van der Waals surface area contributed by atoms with E-state index in [1.165, 1.54) is 25.0 Å². The highest BCUT2D eigenvalue weighted by Crippen LogP contribution is 2.32. The van der Waals surface area contributed by atoms with Crippen molar-refractivity contribution in [3.8, 4) is 0 Å². The van der Waals surface area contributed by atoms with Crippen LogP contribution in [0.3, 0.4) is 0 Å². The van der Waals surface area contributed by atoms with Gasteiger partial charge in [-0.15, -0.1) is 0 Å². The SMILES string of the molecule is CCC1(CC)C=NC(C)=CC1.[B]. The molecule has 0 aliphatic carbocycles. The predicted octanol–water partition coefficient (Wildman–Crippen LogP) is 2.79. The van der Waals surface area contributed by atoms with Crippen molar-refractivity contribution in [1.82, 2.24) is 0 Å². The zero-order chi connectivity index (χ0) is 8.32. The minimum atomic E-state index is 0. The number of hydrogen-bond donors (Lipinski definition) is 0. The molecule has 0 aromatic carbocycles. The first-order chi connectivity index (χ1) is 5.22. The number of allylic oxidation sites excluding steroid dienone is 2. The smallest absolute Gasteiger partial charge is 0.0329 e. The highest BCUT2D eigenvalue weighted by molar-refractivity contribution is 5.75. The molecule has 1 nitrogen and oxygen atoms in total. The first kappa shape index (κ1) is 11.5. The maximum Gasteiger partial charge on any atom is 0.0329 e. The Morgan fingerprint density at radius 3 is 2.33 bits per heavy atom. The summed E-state index contributed by atoms with van der Waals surface area (Å²) in [5.74, 6) is 0. The van der Waals surface area contributed by atoms with E-state index in [1.807, 2.05) is 0 Å². The third-order valence-corrected chi connectivity index (χ3v) is 2.75. The van der Waals surface area contributed by atoms with E-state index in [0.717, 1.165) is 0 Å². The first-order valence-electron chi connectivity index (χ1n) is 4.44. The van der Waals surface area contributed by atoms with E-state index in [2.05, 4.69) is 38.1 Å². The summed E-state index contributed by atoms with van der Waals surface area (Å²) in [5.41, 5.74) is 1.54. The van der Waals surface area contributed by atoms with Crippen molar-refractivity contribution in [2.24, 2.45) is 10.4 Å². The van der Waals surface area contributed by atoms with E-state index in [1.54, 1.807) is 0 Å². The van der Waals surface area contributed by atoms with Gasteiger partial charge in [0.05, 0.1) is 0 Å². The largest absolute Gasteiger partial charge is 0.266 e. The molecule has 0 saturated carbocycles. The second-order valence-electron chi connectivity index (χ2n) is 3.38. The van der Waals surface area contributed by atoms with Crippen LogP contribution in [0.5, 0.6) is 0 Å². The molecule has 2 heteroatoms. The maximum absolute atomic E-state index is 4.36. The van der Waals surface area contributed by atoms with Crippen LogP contribution in [0.4, 0.5) is 0 Å². The topological polar surface area (TPSA) is 12.4 Å². The summed E-state index contributed by atoms with van der Waals surface area (Å²) in [6, 6.07) is 0. The lowest BCUT2D eigenvalue weighted by molar-refractivity contribution is 0.397. The Labute approximate surface area is 77.5 Å². The summed E-state index contributed by atoms with van der Waals surface area (Å²) >= 11 is 0. The van der Waals surface area contributed by atoms with E-state index in [4.69, 9.17) is 0 Å². The van der Waals surface area contributed by atoms with Crippen LogP contribution in [-0.4, -0.2) is 14.6 Å². The molecular weight excluding hydrogens is 145 g/mol. The average molecular weight is 162 g/mol. The lowest BCUT2D eigenvalue weighted by Crippen LogP contribution is -2.21. The third kappa shape index (κ3) is 2.23. The van der Waals surface area contributed by atoms with Gasteiger partial charge in [-0.3, -0.25) is 4.99 Å². The number of rotatable bonds is 2. The van der Waals surface area contributed by atoms with Crippen LogP contribution in [0.1, 0.15) is 40.0 Å². The lowest BCUT2D eigenvalue weighted by atomic mass is 9.79. The molecule has 0 N–H and O–H groups in total. The van der Waals surface area contributed by atoms with E-state index in [9.17, 15) is 0 Å². The molecule has 0 aromatic rings. The Morgan fingerprint density at radius 1 is 1.42 bits per heavy atom. The number of nitrogens with zero attached hydrogens (tertiary/aromatic N) is 1. The average Bonchev–Trinajstić information content (AvgIpc) is 2.07. The highest BCUT2D eigenvalue weighted by Gasteiger charge is 2.24. The minimum Gasteiger partial charge on any atom is -0.266 e. The summed E-state index contributed by atoms with van der Waals surface area (Å²) in [6.07, 6.45) is 7.97. The van der Waals surface area contributed by atoms with Gasteiger partial charge in [-0.1, -0.05) is 19.9 Å². The van der Waals surface area contributed by atoms with E-state index < -0.39 is 0 Å². The Balaban J connectivity index is 0.00000121. The van der Waals surface area contributed by atoms with Crippen molar-refractivity contribution >= 4 is 14.6 Å². The fraction of sp³-hybridized carbons (Fsp3) is 0.700. The molecule has 12 heavy (non-hydrogen) atoms. The van der Waals surface area contributed by atoms with Crippen LogP contribution < -0.4 is 0 Å². The summed E-state index contributed by atoms with van der Waals surface area (Å²) in [6.45, 7) is 6.54. The molecule has 0 saturated heterocycles. The van der Waals surface area contributed by atoms with Crippen LogP contribution in [-0.2, 0) is 0 Å². The van der Waals surface area contributed by atoms with Gasteiger partial charge in [-0.2, -0.15) is 0 Å². The fourth-order valence-corrected chi connectivity index (χ4v) is 1.42. The minimum absolute atomic E-state index is 0. The van der Waals surface area contributed by atoms with Crippen LogP contribution in [0.25, 0.3) is 0 Å². The van der Waals surface area contributed by atoms with Gasteiger partial charge in [0.1, 0.15) is 0 Å². The van der Waals surface area contributed by atoms with Gasteiger partial charge < -0.3 is 0 Å². The van der Waals surface area contributed by atoms with Crippen molar-refractivity contribution in [3.05, 3.63) is 11.8 Å². The molecule has 1 heterocycles. The summed E-state index contributed by atoms with van der Waals surface area (Å²) in [4.78, 5) is 4.36. The molecule has 1 rings (SSSR count). The van der Waals surface area contributed by atoms with Gasteiger partial charge >= 0.3 is 0 Å². The molecule has 0 amide bonds. The Kier molecular flexibility index (Phi) is 4.29. The van der Waals surface area contributed by atoms with Crippen molar-refractivity contribution < 1.29 is 0 Å². The van der Waals surface area contributed by atoms with Crippen LogP contribution in [0.15, 0.2) is 16.8 Å². The molecule has 0 atom stereocenters. The monoisotopic (exact) mass is 162 g/mol. The van der Waals surface area contributed by atoms with Gasteiger partial charge in [0.2, 0.25) is 0 Å². The van der Waals surface area contributed by atoms with Crippen molar-refractivity contribution in [2.75, 3.05) is 0 Å². The van der Waals surface area contributed by atoms with Crippen LogP contribution in [0.2, 0.25) is 0 Å². The molecule has 0 unspecified atom stereocenters. The molecule has 0 bridgehead atoms. The molecule has 1 aliphatic heterocycles. The third-order valence-electron chi connectivity index (χ3n) is 2.75. The molecule has 3 radical (unpaired) electrons. The zero-order valence-electron chi connectivity index (χ0n) is 8.30. The zero-order valence-corrected chi connectivity index (χ0v) is 8.30. The predicted molar refractivity (Wildman–Crippen MR) is 55.6 cm³/mol. The molecule has 0 fully saturated rings. The first-order valence-corrected chi connectivity index (χ1v) is 4.44. The maximum atomic E-state index is 4.36. The summed E-state index contributed by atoms with van der Waals surface area (Å²) < 4.78 is 0. The lowest BCUT2D eigenvalue weighted by Gasteiger charge is -2.28. The van der Waals surface area contributed by atoms with Gasteiger partial charge in [-0.25, -0.2) is 0 Å². The van der Waals surface area contributed by atoms with Gasteiger partial charge in [-0.05, 0) is 26.2 Å². The summed E-state index contributed by atoms with van der Waals surface area (Å²) in [7, 11) is 0. The normalized spacial score (nSPS) is 19.8. The van der Waals surface area contributed by atoms with Crippen molar-refractivity contribution in [2.45, 2.75) is 40.0 Å². The molecule has 65 valence electrons. The molecule has 0 aromatic heterocycles. The van der Waals surface area contributed by atoms with E-state index in [0.29, 0.717) is 5.41 Å². The Bertz CT molecular complexity index is 190. The van der Waals surface area contributed by atoms with E-state index in [-0.39, 0.29) is 8.41 Å². The Morgan fingerprint density at radius 2 is 2.00 bits per heavy atom. The number of hydrogen-bond acceptors (Lipinski definition) is 1. The number of aliphatic imine (C=N–C) groups is 1. The molecule has 0 spiro atoms. The standard InChI is InChI=1S/C10H17N.B/c1-4-10(5-2)7-6-9(3)11-8-10;/h6,8H,4-5,7H2,1-3H3;. The fourth-order valence-electron chi connectivity index (χ4n) is 1.42. The molecular formula is C10H17BN. The van der Waals surface area contributed by atoms with Crippen LogP contribution >= 0.6 is 0 Å². The highest BCUT2D eigenvalue weighted by atomic mass is 14.7. The van der Waals surface area contributed by atoms with Gasteiger partial charge in [0, 0.05) is 25.7 Å². The van der Waals surface area contributed by atoms with Crippen molar-refractivity contribution in [1.29, 1.82) is 0 Å². The second kappa shape index (κ2) is 4.49. The van der Waals surface area contributed by atoms with Crippen molar-refractivity contribution in [3.63, 3.8) is 0 Å². The second-order valence-corrected chi connectivity index (χ2v) is 3.38. The summed E-state index contributed by atoms with van der Waals surface area (Å²) in [5, 5.41) is 0. The Hall–Kier alpha value is -0.525. The quantitative estimate of drug-likeness (QED) is 0.553. The van der Waals surface area contributed by atoms with Crippen LogP contribution in [0, 0.1) is 5.41 Å². The van der Waals surface area contributed by atoms with Gasteiger partial charge in [0.15, 0.2) is 0 Å². The van der Waals surface area contributed by atoms with Gasteiger partial charge in [0.25, 0.3) is 0 Å². The molecule has 1 aliphatic rings. The van der Waals surface area contributed by atoms with E-state index >= 15 is 0 Å².